The number of carbonyl (C=O) groups is 2. The predicted molar refractivity (Wildman–Crippen MR) is 120 cm³/mol. The Morgan fingerprint density at radius 3 is 2.29 bits per heavy atom. The Labute approximate surface area is 182 Å². The molecule has 31 heavy (non-hydrogen) atoms. The molecule has 2 aromatic carbocycles. The van der Waals surface area contributed by atoms with E-state index in [9.17, 15) is 18.0 Å². The summed E-state index contributed by atoms with van der Waals surface area (Å²) >= 11 is 0. The van der Waals surface area contributed by atoms with Crippen LogP contribution in [0, 0.1) is 0 Å². The van der Waals surface area contributed by atoms with E-state index in [1.54, 1.807) is 66.4 Å². The lowest BCUT2D eigenvalue weighted by Crippen LogP contribution is -2.47. The average Bonchev–Trinajstić information content (AvgIpc) is 2.77. The van der Waals surface area contributed by atoms with Crippen LogP contribution in [0.5, 0.6) is 0 Å². The van der Waals surface area contributed by atoms with Gasteiger partial charge in [-0.3, -0.25) is 13.9 Å². The van der Waals surface area contributed by atoms with E-state index >= 15 is 0 Å². The fraction of sp³-hybridized carbons (Fsp3) is 0.364. The first kappa shape index (κ1) is 22.8. The van der Waals surface area contributed by atoms with Crippen molar-refractivity contribution >= 4 is 33.2 Å². The number of nitrogens with zero attached hydrogens (tertiary/aromatic N) is 2. The average molecular weight is 446 g/mol. The number of hydrogen-bond donors (Lipinski definition) is 1. The van der Waals surface area contributed by atoms with E-state index in [0.717, 1.165) is 10.6 Å². The van der Waals surface area contributed by atoms with Gasteiger partial charge in [0.05, 0.1) is 36.4 Å². The van der Waals surface area contributed by atoms with E-state index < -0.39 is 22.0 Å². The second-order valence-electron chi connectivity index (χ2n) is 7.26. The van der Waals surface area contributed by atoms with Crippen LogP contribution in [0.4, 0.5) is 11.4 Å². The van der Waals surface area contributed by atoms with Gasteiger partial charge in [0, 0.05) is 13.1 Å². The maximum absolute atomic E-state index is 13.2. The van der Waals surface area contributed by atoms with Crippen LogP contribution in [-0.4, -0.2) is 63.7 Å². The van der Waals surface area contributed by atoms with Crippen molar-refractivity contribution in [2.75, 3.05) is 42.2 Å². The monoisotopic (exact) mass is 445 g/mol. The summed E-state index contributed by atoms with van der Waals surface area (Å²) in [6.07, 6.45) is 1.33. The third-order valence-corrected chi connectivity index (χ3v) is 6.23. The molecule has 8 nitrogen and oxygen atoms in total. The standard InChI is InChI=1S/C22H27N3O5S/c1-3-20(25(31(2,28)29)17-9-5-4-6-10-17)21(26)23-19-12-8-7-11-18(19)22(27)24-13-15-30-16-14-24/h4-12,20H,3,13-16H2,1-2H3,(H,23,26). The number of anilines is 2. The molecule has 1 aliphatic rings. The van der Waals surface area contributed by atoms with Gasteiger partial charge in [0.1, 0.15) is 6.04 Å². The van der Waals surface area contributed by atoms with E-state index in [4.69, 9.17) is 4.74 Å². The molecule has 0 spiro atoms. The fourth-order valence-corrected chi connectivity index (χ4v) is 4.78. The summed E-state index contributed by atoms with van der Waals surface area (Å²) in [7, 11) is -3.73. The Morgan fingerprint density at radius 1 is 1.06 bits per heavy atom. The van der Waals surface area contributed by atoms with Crippen molar-refractivity contribution in [2.45, 2.75) is 19.4 Å². The molecule has 1 fully saturated rings. The lowest BCUT2D eigenvalue weighted by molar-refractivity contribution is -0.117. The first-order chi connectivity index (χ1) is 14.8. The molecule has 9 heteroatoms. The molecule has 0 aliphatic carbocycles. The Morgan fingerprint density at radius 2 is 1.68 bits per heavy atom. The molecule has 1 N–H and O–H groups in total. The van der Waals surface area contributed by atoms with Crippen molar-refractivity contribution in [3.8, 4) is 0 Å². The van der Waals surface area contributed by atoms with Gasteiger partial charge >= 0.3 is 0 Å². The number of nitrogens with one attached hydrogen (secondary N) is 1. The number of carbonyl (C=O) groups excluding carboxylic acids is 2. The smallest absolute Gasteiger partial charge is 0.256 e. The zero-order valence-corrected chi connectivity index (χ0v) is 18.5. The molecule has 0 aromatic heterocycles. The Hall–Kier alpha value is -2.91. The first-order valence-corrected chi connectivity index (χ1v) is 12.0. The summed E-state index contributed by atoms with van der Waals surface area (Å²) < 4.78 is 31.5. The number of sulfonamides is 1. The van der Waals surface area contributed by atoms with Crippen molar-refractivity contribution in [1.82, 2.24) is 4.90 Å². The summed E-state index contributed by atoms with van der Waals surface area (Å²) in [6.45, 7) is 3.65. The highest BCUT2D eigenvalue weighted by molar-refractivity contribution is 7.92. The van der Waals surface area contributed by atoms with Crippen molar-refractivity contribution in [1.29, 1.82) is 0 Å². The van der Waals surface area contributed by atoms with E-state index in [0.29, 0.717) is 43.2 Å². The maximum atomic E-state index is 13.2. The molecule has 1 unspecified atom stereocenters. The van der Waals surface area contributed by atoms with Gasteiger partial charge in [0.25, 0.3) is 5.91 Å². The van der Waals surface area contributed by atoms with Gasteiger partial charge in [-0.1, -0.05) is 37.3 Å². The van der Waals surface area contributed by atoms with Gasteiger partial charge in [0.2, 0.25) is 15.9 Å². The molecule has 0 saturated carbocycles. The summed E-state index contributed by atoms with van der Waals surface area (Å²) in [6, 6.07) is 14.3. The van der Waals surface area contributed by atoms with Gasteiger partial charge in [-0.05, 0) is 30.7 Å². The Balaban J connectivity index is 1.88. The second-order valence-corrected chi connectivity index (χ2v) is 9.12. The van der Waals surface area contributed by atoms with Crippen LogP contribution in [0.1, 0.15) is 23.7 Å². The fourth-order valence-electron chi connectivity index (χ4n) is 3.57. The summed E-state index contributed by atoms with van der Waals surface area (Å²) in [5.74, 6) is -0.700. The van der Waals surface area contributed by atoms with Gasteiger partial charge in [-0.15, -0.1) is 0 Å². The van der Waals surface area contributed by atoms with Crippen LogP contribution in [0.2, 0.25) is 0 Å². The van der Waals surface area contributed by atoms with Gasteiger partial charge in [-0.25, -0.2) is 8.42 Å². The van der Waals surface area contributed by atoms with Crippen LogP contribution in [-0.2, 0) is 19.6 Å². The van der Waals surface area contributed by atoms with E-state index in [-0.39, 0.29) is 12.3 Å². The van der Waals surface area contributed by atoms with Crippen LogP contribution in [0.3, 0.4) is 0 Å². The highest BCUT2D eigenvalue weighted by Crippen LogP contribution is 2.24. The van der Waals surface area contributed by atoms with Crippen LogP contribution in [0.25, 0.3) is 0 Å². The summed E-state index contributed by atoms with van der Waals surface area (Å²) in [4.78, 5) is 27.8. The molecular weight excluding hydrogens is 418 g/mol. The highest BCUT2D eigenvalue weighted by atomic mass is 32.2. The molecule has 0 bridgehead atoms. The molecule has 1 aliphatic heterocycles. The van der Waals surface area contributed by atoms with Crippen LogP contribution >= 0.6 is 0 Å². The quantitative estimate of drug-likeness (QED) is 0.706. The third kappa shape index (κ3) is 5.42. The Bertz CT molecular complexity index is 1020. The first-order valence-electron chi connectivity index (χ1n) is 10.1. The largest absolute Gasteiger partial charge is 0.378 e. The maximum Gasteiger partial charge on any atom is 0.256 e. The van der Waals surface area contributed by atoms with E-state index in [2.05, 4.69) is 5.32 Å². The van der Waals surface area contributed by atoms with Crippen LogP contribution in [0.15, 0.2) is 54.6 Å². The minimum atomic E-state index is -3.73. The molecule has 0 radical (unpaired) electrons. The van der Waals surface area contributed by atoms with E-state index in [1.807, 2.05) is 0 Å². The molecule has 2 aromatic rings. The highest BCUT2D eigenvalue weighted by Gasteiger charge is 2.32. The number of hydrogen-bond acceptors (Lipinski definition) is 5. The molecule has 1 saturated heterocycles. The van der Waals surface area contributed by atoms with Gasteiger partial charge in [-0.2, -0.15) is 0 Å². The number of morpholine rings is 1. The van der Waals surface area contributed by atoms with Crippen molar-refractivity contribution < 1.29 is 22.7 Å². The number of para-hydroxylation sites is 2. The molecule has 3 rings (SSSR count). The molecular formula is C22H27N3O5S. The lowest BCUT2D eigenvalue weighted by Gasteiger charge is -2.30. The summed E-state index contributed by atoms with van der Waals surface area (Å²) in [5, 5.41) is 2.78. The van der Waals surface area contributed by atoms with Gasteiger partial charge < -0.3 is 15.0 Å². The lowest BCUT2D eigenvalue weighted by atomic mass is 10.1. The zero-order valence-electron chi connectivity index (χ0n) is 17.7. The number of amides is 2. The topological polar surface area (TPSA) is 96.0 Å². The third-order valence-electron chi connectivity index (χ3n) is 5.05. The van der Waals surface area contributed by atoms with Crippen molar-refractivity contribution in [2.24, 2.45) is 0 Å². The number of rotatable bonds is 7. The van der Waals surface area contributed by atoms with Crippen molar-refractivity contribution in [3.63, 3.8) is 0 Å². The molecule has 166 valence electrons. The Kier molecular flexibility index (Phi) is 7.29. The minimum Gasteiger partial charge on any atom is -0.378 e. The van der Waals surface area contributed by atoms with Crippen molar-refractivity contribution in [3.05, 3.63) is 60.2 Å². The predicted octanol–water partition coefficient (Wildman–Crippen LogP) is 2.34. The molecule has 2 amide bonds. The number of ether oxygens (including phenoxy) is 1. The molecule has 1 atom stereocenters. The van der Waals surface area contributed by atoms with Gasteiger partial charge in [0.15, 0.2) is 0 Å². The van der Waals surface area contributed by atoms with Crippen LogP contribution < -0.4 is 9.62 Å². The second kappa shape index (κ2) is 9.93. The number of benzene rings is 2. The molecule has 1 heterocycles. The van der Waals surface area contributed by atoms with E-state index in [1.165, 1.54) is 0 Å². The normalized spacial score (nSPS) is 15.2. The SMILES string of the molecule is CCC(C(=O)Nc1ccccc1C(=O)N1CCOCC1)N(c1ccccc1)S(C)(=O)=O. The summed E-state index contributed by atoms with van der Waals surface area (Å²) in [5.41, 5.74) is 1.12. The zero-order chi connectivity index (χ0) is 22.4. The minimum absolute atomic E-state index is 0.199.